The number of carbonyl (C=O) groups excluding carboxylic acids is 1. The Balaban J connectivity index is 2.37. The van der Waals surface area contributed by atoms with Crippen molar-refractivity contribution in [1.29, 1.82) is 0 Å². The van der Waals surface area contributed by atoms with Gasteiger partial charge in [0.15, 0.2) is 12.1 Å². The lowest BCUT2D eigenvalue weighted by Crippen LogP contribution is -2.03. The number of aldehydes is 1. The Hall–Kier alpha value is -2.89. The van der Waals surface area contributed by atoms with Crippen molar-refractivity contribution in [3.63, 3.8) is 0 Å². The van der Waals surface area contributed by atoms with Crippen molar-refractivity contribution < 1.29 is 18.7 Å². The molecule has 0 unspecified atom stereocenters. The molecular formula is C17H15FN2O3. The Bertz CT molecular complexity index is 889. The number of halogens is 1. The molecule has 0 fully saturated rings. The highest BCUT2D eigenvalue weighted by molar-refractivity contribution is 5.89. The maximum atomic E-state index is 14.3. The molecule has 0 bridgehead atoms. The van der Waals surface area contributed by atoms with Crippen molar-refractivity contribution in [2.45, 2.75) is 20.8 Å². The number of hydrogen-bond donors (Lipinski definition) is 1. The van der Waals surface area contributed by atoms with Crippen LogP contribution in [0.25, 0.3) is 16.9 Å². The largest absolute Gasteiger partial charge is 0.508 e. The quantitative estimate of drug-likeness (QED) is 0.748. The van der Waals surface area contributed by atoms with Crippen molar-refractivity contribution in [3.05, 3.63) is 52.9 Å². The topological polar surface area (TPSA) is 68.3 Å². The molecule has 0 radical (unpaired) electrons. The van der Waals surface area contributed by atoms with Crippen molar-refractivity contribution in [2.75, 3.05) is 0 Å². The number of carbonyl (C=O) groups is 1. The number of hydrogen-bond acceptors (Lipinski definition) is 4. The Labute approximate surface area is 132 Å². The van der Waals surface area contributed by atoms with Crippen LogP contribution in [0.2, 0.25) is 0 Å². The minimum atomic E-state index is -0.634. The Morgan fingerprint density at radius 2 is 2.04 bits per heavy atom. The predicted molar refractivity (Wildman–Crippen MR) is 82.5 cm³/mol. The third-order valence-electron chi connectivity index (χ3n) is 3.78. The highest BCUT2D eigenvalue weighted by atomic mass is 19.1. The summed E-state index contributed by atoms with van der Waals surface area (Å²) >= 11 is 0. The predicted octanol–water partition coefficient (Wildman–Crippen LogP) is 3.71. The summed E-state index contributed by atoms with van der Waals surface area (Å²) < 4.78 is 21.1. The molecule has 118 valence electrons. The van der Waals surface area contributed by atoms with Gasteiger partial charge in [0, 0.05) is 11.6 Å². The first-order valence-electron chi connectivity index (χ1n) is 7.02. The molecule has 1 N–H and O–H groups in total. The first-order chi connectivity index (χ1) is 10.9. The molecule has 0 spiro atoms. The van der Waals surface area contributed by atoms with Crippen molar-refractivity contribution >= 4 is 6.29 Å². The monoisotopic (exact) mass is 314 g/mol. The third-order valence-corrected chi connectivity index (χ3v) is 3.78. The average molecular weight is 314 g/mol. The van der Waals surface area contributed by atoms with Gasteiger partial charge in [-0.1, -0.05) is 0 Å². The van der Waals surface area contributed by atoms with E-state index in [1.807, 2.05) is 6.92 Å². The van der Waals surface area contributed by atoms with Gasteiger partial charge in [-0.15, -0.1) is 0 Å². The van der Waals surface area contributed by atoms with Crippen LogP contribution >= 0.6 is 0 Å². The van der Waals surface area contributed by atoms with Crippen LogP contribution < -0.4 is 0 Å². The van der Waals surface area contributed by atoms with Crippen LogP contribution in [0.1, 0.15) is 27.4 Å². The van der Waals surface area contributed by atoms with E-state index in [1.54, 1.807) is 20.1 Å². The van der Waals surface area contributed by atoms with E-state index in [0.717, 1.165) is 11.6 Å². The number of aryl methyl sites for hydroxylation is 3. The number of aromatic nitrogens is 2. The molecule has 0 saturated heterocycles. The van der Waals surface area contributed by atoms with Gasteiger partial charge < -0.3 is 9.52 Å². The fourth-order valence-corrected chi connectivity index (χ4v) is 2.69. The Kier molecular flexibility index (Phi) is 3.52. The van der Waals surface area contributed by atoms with E-state index in [2.05, 4.69) is 5.10 Å². The van der Waals surface area contributed by atoms with Gasteiger partial charge in [-0.2, -0.15) is 5.10 Å². The SMILES string of the molecule is Cc1coc(C)c1-c1c(C=O)c(C)nn1-c1ccc(O)cc1F. The molecule has 0 saturated carbocycles. The normalized spacial score (nSPS) is 11.0. The van der Waals surface area contributed by atoms with Crippen molar-refractivity contribution in [1.82, 2.24) is 9.78 Å². The summed E-state index contributed by atoms with van der Waals surface area (Å²) in [5.74, 6) is -0.195. The van der Waals surface area contributed by atoms with E-state index in [-0.39, 0.29) is 11.4 Å². The first kappa shape index (κ1) is 15.0. The number of phenolic OH excluding ortho intramolecular Hbond substituents is 1. The number of aromatic hydroxyl groups is 1. The van der Waals surface area contributed by atoms with Crippen LogP contribution in [0.3, 0.4) is 0 Å². The second-order valence-electron chi connectivity index (χ2n) is 5.36. The highest BCUT2D eigenvalue weighted by Gasteiger charge is 2.24. The molecule has 0 aliphatic rings. The van der Waals surface area contributed by atoms with E-state index in [4.69, 9.17) is 4.42 Å². The average Bonchev–Trinajstić information content (AvgIpc) is 2.98. The molecule has 6 heteroatoms. The van der Waals surface area contributed by atoms with Crippen LogP contribution in [0.4, 0.5) is 4.39 Å². The molecular weight excluding hydrogens is 299 g/mol. The third kappa shape index (κ3) is 2.32. The van der Waals surface area contributed by atoms with Gasteiger partial charge in [-0.3, -0.25) is 4.79 Å². The number of benzene rings is 1. The van der Waals surface area contributed by atoms with Gasteiger partial charge in [-0.05, 0) is 38.5 Å². The van der Waals surface area contributed by atoms with Crippen LogP contribution in [-0.2, 0) is 0 Å². The fourth-order valence-electron chi connectivity index (χ4n) is 2.69. The second kappa shape index (κ2) is 5.39. The van der Waals surface area contributed by atoms with Crippen molar-refractivity contribution in [2.24, 2.45) is 0 Å². The first-order valence-corrected chi connectivity index (χ1v) is 7.02. The molecule has 3 aromatic rings. The lowest BCUT2D eigenvalue weighted by molar-refractivity contribution is 0.112. The molecule has 2 heterocycles. The minimum absolute atomic E-state index is 0.147. The molecule has 0 atom stereocenters. The lowest BCUT2D eigenvalue weighted by atomic mass is 10.0. The number of furan rings is 1. The number of rotatable bonds is 3. The summed E-state index contributed by atoms with van der Waals surface area (Å²) in [5, 5.41) is 13.7. The van der Waals surface area contributed by atoms with E-state index in [1.165, 1.54) is 16.8 Å². The molecule has 1 aromatic carbocycles. The molecule has 23 heavy (non-hydrogen) atoms. The molecule has 0 amide bonds. The fraction of sp³-hybridized carbons (Fsp3) is 0.176. The summed E-state index contributed by atoms with van der Waals surface area (Å²) in [6.07, 6.45) is 2.29. The molecule has 5 nitrogen and oxygen atoms in total. The zero-order valence-electron chi connectivity index (χ0n) is 12.9. The van der Waals surface area contributed by atoms with E-state index in [9.17, 15) is 14.3 Å². The highest BCUT2D eigenvalue weighted by Crippen LogP contribution is 2.34. The zero-order chi connectivity index (χ0) is 16.7. The van der Waals surface area contributed by atoms with Crippen LogP contribution in [-0.4, -0.2) is 21.2 Å². The smallest absolute Gasteiger partial charge is 0.154 e. The number of nitrogens with zero attached hydrogens (tertiary/aromatic N) is 2. The van der Waals surface area contributed by atoms with Gasteiger partial charge in [0.05, 0.1) is 23.2 Å². The van der Waals surface area contributed by atoms with Gasteiger partial charge in [0.2, 0.25) is 0 Å². The van der Waals surface area contributed by atoms with Crippen molar-refractivity contribution in [3.8, 4) is 22.7 Å². The lowest BCUT2D eigenvalue weighted by Gasteiger charge is -2.10. The standard InChI is InChI=1S/C17H15FN2O3/c1-9-8-23-11(3)16(9)17-13(7-21)10(2)19-20(17)15-5-4-12(22)6-14(15)18/h4-8,22H,1-3H3. The molecule has 0 aliphatic carbocycles. The molecule has 3 rings (SSSR count). The summed E-state index contributed by atoms with van der Waals surface area (Å²) in [7, 11) is 0. The maximum absolute atomic E-state index is 14.3. The maximum Gasteiger partial charge on any atom is 0.154 e. The van der Waals surface area contributed by atoms with E-state index in [0.29, 0.717) is 34.6 Å². The Morgan fingerprint density at radius 3 is 2.61 bits per heavy atom. The van der Waals surface area contributed by atoms with Crippen LogP contribution in [0.15, 0.2) is 28.9 Å². The van der Waals surface area contributed by atoms with Gasteiger partial charge in [0.25, 0.3) is 0 Å². The van der Waals surface area contributed by atoms with Gasteiger partial charge in [0.1, 0.15) is 17.2 Å². The summed E-state index contributed by atoms with van der Waals surface area (Å²) in [5.41, 5.74) is 3.03. The van der Waals surface area contributed by atoms with Gasteiger partial charge >= 0.3 is 0 Å². The second-order valence-corrected chi connectivity index (χ2v) is 5.36. The Morgan fingerprint density at radius 1 is 1.30 bits per heavy atom. The summed E-state index contributed by atoms with van der Waals surface area (Å²) in [6.45, 7) is 5.31. The van der Waals surface area contributed by atoms with E-state index >= 15 is 0 Å². The van der Waals surface area contributed by atoms with E-state index < -0.39 is 5.82 Å². The minimum Gasteiger partial charge on any atom is -0.508 e. The summed E-state index contributed by atoms with van der Waals surface area (Å²) in [6, 6.07) is 3.79. The van der Waals surface area contributed by atoms with Crippen LogP contribution in [0.5, 0.6) is 5.75 Å². The zero-order valence-corrected chi connectivity index (χ0v) is 12.9. The van der Waals surface area contributed by atoms with Gasteiger partial charge in [-0.25, -0.2) is 9.07 Å². The molecule has 0 aliphatic heterocycles. The van der Waals surface area contributed by atoms with Crippen LogP contribution in [0, 0.1) is 26.6 Å². The molecule has 2 aromatic heterocycles. The summed E-state index contributed by atoms with van der Waals surface area (Å²) in [4.78, 5) is 11.5. The number of phenols is 1.